The maximum atomic E-state index is 15.8. The van der Waals surface area contributed by atoms with Gasteiger partial charge >= 0.3 is 5.97 Å². The Morgan fingerprint density at radius 2 is 1.85 bits per heavy atom. The number of carbonyl (C=O) groups is 1. The van der Waals surface area contributed by atoms with Crippen molar-refractivity contribution in [3.63, 3.8) is 0 Å². The molecule has 2 aromatic carbocycles. The Balaban J connectivity index is 1.97. The molecule has 0 fully saturated rings. The van der Waals surface area contributed by atoms with Crippen molar-refractivity contribution in [2.45, 2.75) is 32.4 Å². The van der Waals surface area contributed by atoms with Crippen molar-refractivity contribution in [1.82, 2.24) is 4.98 Å². The number of rotatable bonds is 13. The van der Waals surface area contributed by atoms with Crippen LogP contribution in [0.4, 0.5) is 18.9 Å². The molecular weight excluding hydrogens is 541 g/mol. The van der Waals surface area contributed by atoms with Crippen molar-refractivity contribution in [3.05, 3.63) is 77.2 Å². The van der Waals surface area contributed by atoms with E-state index in [2.05, 4.69) is 9.98 Å². The molecule has 0 aliphatic carbocycles. The number of likely N-dealkylation sites (N-methyl/N-ethyl adjacent to an activating group) is 1. The van der Waals surface area contributed by atoms with Gasteiger partial charge in [-0.1, -0.05) is 30.3 Å². The highest BCUT2D eigenvalue weighted by atomic mass is 19.2. The molecule has 41 heavy (non-hydrogen) atoms. The number of nitrogens with two attached hydrogens (primary N) is 2. The maximum absolute atomic E-state index is 15.8. The van der Waals surface area contributed by atoms with E-state index in [-0.39, 0.29) is 55.6 Å². The number of anilines is 1. The Bertz CT molecular complexity index is 1430. The second-order valence-electron chi connectivity index (χ2n) is 8.66. The molecule has 0 saturated heterocycles. The molecule has 0 amide bonds. The van der Waals surface area contributed by atoms with Gasteiger partial charge in [0.15, 0.2) is 17.5 Å². The number of guanidine groups is 1. The number of pyridine rings is 1. The summed E-state index contributed by atoms with van der Waals surface area (Å²) in [7, 11) is 1.21. The summed E-state index contributed by atoms with van der Waals surface area (Å²) in [5.74, 6) is -6.65. The Kier molecular flexibility index (Phi) is 10.7. The zero-order chi connectivity index (χ0) is 29.9. The molecule has 216 valence electrons. The standard InChI is InChI=1S/C28H29F3N6O4/c1-3-39-27(38)19(10-7-13-35-28(33)34)37(2)24-22(29)25(31)36-26(23(24)30)41-21-14-18(15-32)11-12-20(21)40-16-17-8-5-4-6-9-17/h4-6,8-9,11-12,14,19H,3,7,10,13,16H2,1-2H3,(H4,33,34,35). The summed E-state index contributed by atoms with van der Waals surface area (Å²) in [5.41, 5.74) is 10.7. The van der Waals surface area contributed by atoms with Crippen LogP contribution in [-0.2, 0) is 16.1 Å². The largest absolute Gasteiger partial charge is 0.485 e. The fourth-order valence-corrected chi connectivity index (χ4v) is 3.83. The number of benzene rings is 2. The van der Waals surface area contributed by atoms with Crippen molar-refractivity contribution in [3.8, 4) is 23.4 Å². The quantitative estimate of drug-likeness (QED) is 0.102. The number of carbonyl (C=O) groups excluding carboxylic acids is 1. The highest BCUT2D eigenvalue weighted by molar-refractivity contribution is 5.80. The fraction of sp³-hybridized carbons (Fsp3) is 0.286. The maximum Gasteiger partial charge on any atom is 0.328 e. The van der Waals surface area contributed by atoms with E-state index in [1.54, 1.807) is 6.92 Å². The van der Waals surface area contributed by atoms with Crippen molar-refractivity contribution >= 4 is 17.6 Å². The van der Waals surface area contributed by atoms with Crippen molar-refractivity contribution < 1.29 is 32.2 Å². The SMILES string of the molecule is CCOC(=O)C(CCCN=C(N)N)N(C)c1c(F)c(F)nc(Oc2cc(C#N)ccc2OCc2ccccc2)c1F. The summed E-state index contributed by atoms with van der Waals surface area (Å²) in [6.45, 7) is 1.81. The lowest BCUT2D eigenvalue weighted by Crippen LogP contribution is -2.41. The number of aliphatic imine (C=N–C) groups is 1. The van der Waals surface area contributed by atoms with E-state index in [0.29, 0.717) is 0 Å². The third-order valence-corrected chi connectivity index (χ3v) is 5.81. The number of nitriles is 1. The van der Waals surface area contributed by atoms with Crippen LogP contribution in [0.2, 0.25) is 0 Å². The molecule has 4 N–H and O–H groups in total. The van der Waals surface area contributed by atoms with Crippen LogP contribution in [0.3, 0.4) is 0 Å². The highest BCUT2D eigenvalue weighted by Crippen LogP contribution is 2.37. The lowest BCUT2D eigenvalue weighted by atomic mass is 10.1. The van der Waals surface area contributed by atoms with Gasteiger partial charge in [0, 0.05) is 19.7 Å². The van der Waals surface area contributed by atoms with E-state index >= 15 is 4.39 Å². The molecule has 1 heterocycles. The molecule has 1 aromatic heterocycles. The fourth-order valence-electron chi connectivity index (χ4n) is 3.83. The molecule has 13 heteroatoms. The molecule has 1 unspecified atom stereocenters. The molecule has 0 saturated carbocycles. The number of halogens is 3. The van der Waals surface area contributed by atoms with Crippen molar-refractivity contribution in [2.24, 2.45) is 16.5 Å². The van der Waals surface area contributed by atoms with E-state index in [1.165, 1.54) is 25.2 Å². The predicted octanol–water partition coefficient (Wildman–Crippen LogP) is 4.16. The van der Waals surface area contributed by atoms with Crippen molar-refractivity contribution in [1.29, 1.82) is 5.26 Å². The summed E-state index contributed by atoms with van der Waals surface area (Å²) in [4.78, 5) is 20.7. The van der Waals surface area contributed by atoms with Crippen LogP contribution < -0.4 is 25.8 Å². The molecule has 3 rings (SSSR count). The lowest BCUT2D eigenvalue weighted by Gasteiger charge is -2.29. The van der Waals surface area contributed by atoms with Gasteiger partial charge in [0.1, 0.15) is 18.3 Å². The molecule has 0 aliphatic rings. The first kappa shape index (κ1) is 30.6. The number of ether oxygens (including phenoxy) is 3. The first-order chi connectivity index (χ1) is 19.7. The number of nitrogens with zero attached hydrogens (tertiary/aromatic N) is 4. The minimum absolute atomic E-state index is 0.00208. The van der Waals surface area contributed by atoms with Gasteiger partial charge in [0.05, 0.1) is 18.2 Å². The Morgan fingerprint density at radius 3 is 2.51 bits per heavy atom. The molecule has 0 radical (unpaired) electrons. The molecule has 1 atom stereocenters. The summed E-state index contributed by atoms with van der Waals surface area (Å²) in [6, 6.07) is 13.9. The van der Waals surface area contributed by atoms with Crippen LogP contribution in [0, 0.1) is 28.9 Å². The zero-order valence-corrected chi connectivity index (χ0v) is 22.4. The predicted molar refractivity (Wildman–Crippen MR) is 145 cm³/mol. The van der Waals surface area contributed by atoms with E-state index < -0.39 is 41.2 Å². The Hall–Kier alpha value is -4.99. The van der Waals surface area contributed by atoms with Gasteiger partial charge in [-0.15, -0.1) is 0 Å². The van der Waals surface area contributed by atoms with Gasteiger partial charge in [-0.3, -0.25) is 4.99 Å². The normalized spacial score (nSPS) is 11.2. The molecule has 3 aromatic rings. The second-order valence-corrected chi connectivity index (χ2v) is 8.66. The molecular formula is C28H29F3N6O4. The smallest absolute Gasteiger partial charge is 0.328 e. The van der Waals surface area contributed by atoms with Crippen LogP contribution in [0.25, 0.3) is 0 Å². The summed E-state index contributed by atoms with van der Waals surface area (Å²) in [6.07, 6.45) is 0.266. The van der Waals surface area contributed by atoms with E-state index in [9.17, 15) is 18.8 Å². The average Bonchev–Trinajstić information content (AvgIpc) is 2.95. The number of aromatic nitrogens is 1. The molecule has 0 bridgehead atoms. The van der Waals surface area contributed by atoms with Gasteiger partial charge in [-0.2, -0.15) is 23.4 Å². The Morgan fingerprint density at radius 1 is 1.12 bits per heavy atom. The van der Waals surface area contributed by atoms with Crippen LogP contribution in [0.15, 0.2) is 53.5 Å². The van der Waals surface area contributed by atoms with E-state index in [4.69, 9.17) is 25.7 Å². The van der Waals surface area contributed by atoms with Gasteiger partial charge in [-0.25, -0.2) is 4.79 Å². The average molecular weight is 571 g/mol. The first-order valence-electron chi connectivity index (χ1n) is 12.5. The molecule has 0 aliphatic heterocycles. The topological polar surface area (TPSA) is 149 Å². The first-order valence-corrected chi connectivity index (χ1v) is 12.5. The monoisotopic (exact) mass is 570 g/mol. The molecule has 10 nitrogen and oxygen atoms in total. The van der Waals surface area contributed by atoms with Crippen molar-refractivity contribution in [2.75, 3.05) is 25.1 Å². The number of esters is 1. The number of hydrogen-bond donors (Lipinski definition) is 2. The highest BCUT2D eigenvalue weighted by Gasteiger charge is 2.32. The van der Waals surface area contributed by atoms with Crippen LogP contribution >= 0.6 is 0 Å². The minimum Gasteiger partial charge on any atom is -0.485 e. The second kappa shape index (κ2) is 14.4. The summed E-state index contributed by atoms with van der Waals surface area (Å²) in [5, 5.41) is 9.34. The van der Waals surface area contributed by atoms with Crippen LogP contribution in [0.5, 0.6) is 17.4 Å². The lowest BCUT2D eigenvalue weighted by molar-refractivity contribution is -0.144. The minimum atomic E-state index is -1.67. The third kappa shape index (κ3) is 8.01. The van der Waals surface area contributed by atoms with E-state index in [1.807, 2.05) is 36.4 Å². The van der Waals surface area contributed by atoms with E-state index in [0.717, 1.165) is 10.5 Å². The number of hydrogen-bond acceptors (Lipinski definition) is 8. The van der Waals surface area contributed by atoms with Gasteiger partial charge in [0.25, 0.3) is 11.8 Å². The van der Waals surface area contributed by atoms with Gasteiger partial charge < -0.3 is 30.6 Å². The third-order valence-electron chi connectivity index (χ3n) is 5.81. The van der Waals surface area contributed by atoms with Crippen LogP contribution in [0.1, 0.15) is 30.9 Å². The van der Waals surface area contributed by atoms with Crippen LogP contribution in [-0.4, -0.2) is 43.2 Å². The summed E-state index contributed by atoms with van der Waals surface area (Å²) >= 11 is 0. The molecule has 0 spiro atoms. The van der Waals surface area contributed by atoms with Gasteiger partial charge in [0.2, 0.25) is 11.6 Å². The zero-order valence-electron chi connectivity index (χ0n) is 22.4. The summed E-state index contributed by atoms with van der Waals surface area (Å²) < 4.78 is 61.9. The van der Waals surface area contributed by atoms with Gasteiger partial charge in [-0.05, 0) is 37.5 Å². The Labute approximate surface area is 235 Å².